The van der Waals surface area contributed by atoms with Crippen LogP contribution in [0.4, 0.5) is 0 Å². The second-order valence-electron chi connectivity index (χ2n) is 17.2. The first-order valence-electron chi connectivity index (χ1n) is 19.1. The monoisotopic (exact) mass is 785 g/mol. The van der Waals surface area contributed by atoms with Crippen LogP contribution in [-0.4, -0.2) is 177 Å². The summed E-state index contributed by atoms with van der Waals surface area (Å²) < 4.78 is 37.5. The number of likely N-dealkylation sites (N-methyl/N-ethyl adjacent to an activating group) is 2. The average Bonchev–Trinajstić information content (AvgIpc) is 3.05. The van der Waals surface area contributed by atoms with Crippen molar-refractivity contribution in [3.63, 3.8) is 0 Å². The predicted octanol–water partition coefficient (Wildman–Crippen LogP) is 0.251. The first kappa shape index (κ1) is 50.9. The minimum absolute atomic E-state index is 0. The van der Waals surface area contributed by atoms with E-state index in [1.54, 1.807) is 41.5 Å². The zero-order valence-corrected chi connectivity index (χ0v) is 35.2. The Morgan fingerprint density at radius 2 is 1.52 bits per heavy atom. The fourth-order valence-electron chi connectivity index (χ4n) is 8.74. The quantitative estimate of drug-likeness (QED) is 0.218. The van der Waals surface area contributed by atoms with Gasteiger partial charge >= 0.3 is 5.97 Å². The summed E-state index contributed by atoms with van der Waals surface area (Å²) >= 11 is 0. The molecule has 0 bridgehead atoms. The van der Waals surface area contributed by atoms with Crippen molar-refractivity contribution in [1.82, 2.24) is 9.80 Å². The van der Waals surface area contributed by atoms with Crippen LogP contribution in [0.25, 0.3) is 0 Å². The Balaban J connectivity index is 0.00000729. The van der Waals surface area contributed by atoms with Crippen LogP contribution in [0.5, 0.6) is 0 Å². The van der Waals surface area contributed by atoms with Gasteiger partial charge in [-0.3, -0.25) is 4.79 Å². The Bertz CT molecular complexity index is 1150. The van der Waals surface area contributed by atoms with E-state index in [0.717, 1.165) is 0 Å². The molecule has 0 radical (unpaired) electrons. The molecule has 18 atom stereocenters. The molecule has 0 aliphatic carbocycles. The van der Waals surface area contributed by atoms with E-state index in [1.165, 1.54) is 14.0 Å². The lowest BCUT2D eigenvalue weighted by atomic mass is 9.77. The summed E-state index contributed by atoms with van der Waals surface area (Å²) in [6.45, 7) is 18.0. The molecule has 322 valence electrons. The molecule has 3 aliphatic rings. The topological polar surface area (TPSA) is 243 Å². The number of rotatable bonds is 7. The maximum absolute atomic E-state index is 14.2. The molecular weight excluding hydrogens is 708 g/mol. The summed E-state index contributed by atoms with van der Waals surface area (Å²) in [5, 5.41) is 58.1. The third kappa shape index (κ3) is 11.3. The highest BCUT2D eigenvalue weighted by Gasteiger charge is 2.52. The maximum Gasteiger partial charge on any atom is 0.311 e. The van der Waals surface area contributed by atoms with E-state index in [2.05, 4.69) is 0 Å². The SMILES string of the molecule is CCC1OC(=O)C(C)C(OC2C[C@@](C)(OC)C(O)C(C)O2)C(C)C(OC2OC(C)CC(N(C)C)C2O)[C@](C)(O)CC(C)CN(C)C(C)C(O)[C@]1(C)O.O.O. The van der Waals surface area contributed by atoms with Crippen LogP contribution in [0.3, 0.4) is 0 Å². The van der Waals surface area contributed by atoms with Gasteiger partial charge in [-0.1, -0.05) is 20.8 Å². The predicted molar refractivity (Wildman–Crippen MR) is 201 cm³/mol. The first-order chi connectivity index (χ1) is 23.9. The number of ether oxygens (including phenoxy) is 6. The standard InChI is InChI=1S/C38H72N2O12.2H2O/c1-15-27-38(10,46)31(42)24(6)40(13)19-20(2)17-36(8,45)33(52-35-29(41)26(39(11)12)16-21(3)48-35)22(4)30(23(5)34(44)50-27)51-28-18-37(9,47-14)32(43)25(7)49-28;;/h20-33,35,41-43,45-46H,15-19H2,1-14H3;2*1H2/t20?,21?,22?,23?,24?,25?,26?,27?,28?,29?,30?,31?,32?,33?,35?,36-,37-,38-;;/m1../s1. The lowest BCUT2D eigenvalue weighted by Gasteiger charge is -2.48. The number of hydrogen-bond acceptors (Lipinski definition) is 14. The average molecular weight is 785 g/mol. The fourth-order valence-corrected chi connectivity index (χ4v) is 8.74. The normalized spacial score (nSPS) is 47.8. The van der Waals surface area contributed by atoms with E-state index in [-0.39, 0.29) is 48.3 Å². The number of carbonyl (C=O) groups is 1. The highest BCUT2D eigenvalue weighted by Crippen LogP contribution is 2.40. The minimum atomic E-state index is -1.80. The summed E-state index contributed by atoms with van der Waals surface area (Å²) in [5.41, 5.74) is -4.37. The van der Waals surface area contributed by atoms with Crippen LogP contribution < -0.4 is 0 Å². The van der Waals surface area contributed by atoms with Gasteiger partial charge in [0.05, 0.1) is 41.5 Å². The molecule has 15 unspecified atom stereocenters. The lowest BCUT2D eigenvalue weighted by Crippen LogP contribution is -2.60. The fraction of sp³-hybridized carbons (Fsp3) is 0.974. The van der Waals surface area contributed by atoms with Gasteiger partial charge in [-0.15, -0.1) is 0 Å². The van der Waals surface area contributed by atoms with Gasteiger partial charge in [-0.25, -0.2) is 0 Å². The van der Waals surface area contributed by atoms with E-state index in [0.29, 0.717) is 13.0 Å². The second-order valence-corrected chi connectivity index (χ2v) is 17.2. The van der Waals surface area contributed by atoms with Crippen LogP contribution in [0.1, 0.15) is 94.9 Å². The number of nitrogens with zero attached hydrogens (tertiary/aromatic N) is 2. The molecule has 3 heterocycles. The van der Waals surface area contributed by atoms with Crippen molar-refractivity contribution >= 4 is 5.97 Å². The third-order valence-corrected chi connectivity index (χ3v) is 12.2. The summed E-state index contributed by atoms with van der Waals surface area (Å²) in [6.07, 6.45) is -8.19. The molecule has 3 fully saturated rings. The van der Waals surface area contributed by atoms with Crippen LogP contribution in [0, 0.1) is 17.8 Å². The van der Waals surface area contributed by atoms with Crippen molar-refractivity contribution in [1.29, 1.82) is 0 Å². The number of hydrogen-bond donors (Lipinski definition) is 5. The van der Waals surface area contributed by atoms with Crippen molar-refractivity contribution < 1.29 is 69.7 Å². The van der Waals surface area contributed by atoms with Crippen molar-refractivity contribution in [2.45, 2.75) is 185 Å². The third-order valence-electron chi connectivity index (χ3n) is 12.2. The summed E-state index contributed by atoms with van der Waals surface area (Å²) in [4.78, 5) is 18.0. The number of aliphatic hydroxyl groups excluding tert-OH is 3. The largest absolute Gasteiger partial charge is 0.459 e. The minimum Gasteiger partial charge on any atom is -0.459 e. The van der Waals surface area contributed by atoms with Gasteiger partial charge in [0.2, 0.25) is 0 Å². The van der Waals surface area contributed by atoms with E-state index >= 15 is 0 Å². The van der Waals surface area contributed by atoms with E-state index in [9.17, 15) is 30.3 Å². The Hall–Kier alpha value is -1.09. The van der Waals surface area contributed by atoms with Crippen molar-refractivity contribution in [2.75, 3.05) is 34.8 Å². The Morgan fingerprint density at radius 1 is 0.926 bits per heavy atom. The van der Waals surface area contributed by atoms with Crippen LogP contribution in [-0.2, 0) is 33.2 Å². The number of aliphatic hydroxyl groups is 5. The van der Waals surface area contributed by atoms with Gasteiger partial charge in [-0.05, 0) is 94.8 Å². The van der Waals surface area contributed by atoms with Gasteiger partial charge in [0.15, 0.2) is 12.6 Å². The number of esters is 1. The Labute approximate surface area is 323 Å². The van der Waals surface area contributed by atoms with Crippen molar-refractivity contribution in [3.8, 4) is 0 Å². The van der Waals surface area contributed by atoms with Gasteiger partial charge in [0, 0.05) is 38.1 Å². The zero-order valence-electron chi connectivity index (χ0n) is 35.2. The van der Waals surface area contributed by atoms with Gasteiger partial charge in [-0.2, -0.15) is 0 Å². The molecule has 0 amide bonds. The number of carbonyl (C=O) groups excluding carboxylic acids is 1. The molecule has 16 nitrogen and oxygen atoms in total. The molecule has 3 saturated heterocycles. The van der Waals surface area contributed by atoms with Crippen LogP contribution >= 0.6 is 0 Å². The number of methoxy groups -OCH3 is 1. The smallest absolute Gasteiger partial charge is 0.311 e. The van der Waals surface area contributed by atoms with Crippen LogP contribution in [0.15, 0.2) is 0 Å². The summed E-state index contributed by atoms with van der Waals surface area (Å²) in [6, 6.07) is -0.808. The maximum atomic E-state index is 14.2. The zero-order chi connectivity index (χ0) is 39.7. The molecule has 0 aromatic rings. The highest BCUT2D eigenvalue weighted by atomic mass is 16.7. The molecule has 0 spiro atoms. The van der Waals surface area contributed by atoms with Gasteiger partial charge < -0.3 is 74.7 Å². The molecule has 0 aromatic heterocycles. The van der Waals surface area contributed by atoms with Gasteiger partial charge in [0.25, 0.3) is 0 Å². The van der Waals surface area contributed by atoms with Gasteiger partial charge in [0.1, 0.15) is 30.0 Å². The molecular formula is C38H76N2O14. The molecule has 9 N–H and O–H groups in total. The number of cyclic esters (lactones) is 1. The molecule has 3 aliphatic heterocycles. The summed E-state index contributed by atoms with van der Waals surface area (Å²) in [7, 11) is 7.12. The van der Waals surface area contributed by atoms with E-state index in [1.807, 2.05) is 51.7 Å². The summed E-state index contributed by atoms with van der Waals surface area (Å²) in [5.74, 6) is -2.58. The lowest BCUT2D eigenvalue weighted by molar-refractivity contribution is -0.318. The van der Waals surface area contributed by atoms with Crippen LogP contribution in [0.2, 0.25) is 0 Å². The molecule has 16 heteroatoms. The molecule has 0 saturated carbocycles. The highest BCUT2D eigenvalue weighted by molar-refractivity contribution is 5.73. The van der Waals surface area contributed by atoms with Crippen molar-refractivity contribution in [2.24, 2.45) is 17.8 Å². The van der Waals surface area contributed by atoms with E-state index in [4.69, 9.17) is 28.4 Å². The van der Waals surface area contributed by atoms with E-state index < -0.39 is 96.0 Å². The Morgan fingerprint density at radius 3 is 2.06 bits per heavy atom. The molecule has 3 rings (SSSR count). The van der Waals surface area contributed by atoms with Crippen molar-refractivity contribution in [3.05, 3.63) is 0 Å². The molecule has 54 heavy (non-hydrogen) atoms. The Kier molecular flexibility index (Phi) is 18.9. The molecule has 0 aromatic carbocycles. The first-order valence-corrected chi connectivity index (χ1v) is 19.1. The second kappa shape index (κ2) is 20.1.